The molecule has 4 unspecified atom stereocenters. The summed E-state index contributed by atoms with van der Waals surface area (Å²) in [7, 11) is 4.32. The summed E-state index contributed by atoms with van der Waals surface area (Å²) in [4.78, 5) is 171. The molecule has 35 heteroatoms. The topological polar surface area (TPSA) is 443 Å². The molecule has 6 aromatic carbocycles. The molecular formula is C108H149BN16NaO17. The Bertz CT molecular complexity index is 5820. The number of nitrogens with zero attached hydrogens (tertiary/aromatic N) is 10. The van der Waals surface area contributed by atoms with E-state index in [0.29, 0.717) is 136 Å². The van der Waals surface area contributed by atoms with Crippen molar-refractivity contribution in [2.75, 3.05) is 45.8 Å². The molecule has 4 atom stereocenters. The first-order valence-electron chi connectivity index (χ1n) is 47.8. The van der Waals surface area contributed by atoms with Crippen molar-refractivity contribution in [2.45, 2.75) is 246 Å². The van der Waals surface area contributed by atoms with Crippen LogP contribution in [0.2, 0.25) is 0 Å². The summed E-state index contributed by atoms with van der Waals surface area (Å²) in [6, 6.07) is 59.7. The van der Waals surface area contributed by atoms with Gasteiger partial charge in [0.1, 0.15) is 40.8 Å². The van der Waals surface area contributed by atoms with E-state index in [-0.39, 0.29) is 99.5 Å². The van der Waals surface area contributed by atoms with Gasteiger partial charge in [0.25, 0.3) is 34.1 Å². The number of benzene rings is 6. The number of amides is 4. The van der Waals surface area contributed by atoms with Crippen molar-refractivity contribution >= 4 is 56.2 Å². The largest absolute Gasteiger partial charge is 1.00 e. The van der Waals surface area contributed by atoms with E-state index in [1.807, 2.05) is 258 Å². The first kappa shape index (κ1) is 124. The standard InChI is InChI=1S/C32H42N4O4.C27H34N4O2.C19H28N4O.C16H21N3O.C8H15NO3.C4H6O4.C2H3BO2.Na/c1-22(2)28(29-34-24(4)20-27(37)36(29)21-25-12-9-8-10-13-25)35(30(38)26-16-14-23(3)15-17-26)19-11-18-33-31(39)40-32(5,6)7;1-19(2)25(30(16-8-15-28)27(33)23-13-11-20(3)12-14-23)26-29-21(4)17-24(32)31(26)18-22-9-6-5-7-10-22;1-14(2)18(21-11-7-10-20)19-22-15(3)12-17(24)23(19)13-16-8-5-4-6-9-16;1-11(2)15(17)16-18-12(3)9-14(20)19(16)10-13-7-5-4-6-8-13;1-8(2,3)12-7(11)9-5-4-6-10;1-3(5)7-8-4(2)6;1-2(4)5-3;/h8-10,12-17,20,22,28H,11,18-19,21H2,1-7H3,(H,33,39);5-7,9-14,17,19,25H,8,15-16,18,28H2,1-4H3;4-6,8-9,12,14,18,21H,7,10-11,13,20H2,1-3H3;4-9,11,15H,10,17H2,1-3H3;6H,4-5H2,1-3H3,(H,9,11);1-2H3;1H3;/q;;;;;;-1;+1. The number of carbonyl (C=O) groups excluding carboxylic acids is 8. The predicted octanol–water partition coefficient (Wildman–Crippen LogP) is 12.0. The molecule has 3 radical (unpaired) electrons. The molecule has 0 aliphatic heterocycles. The second-order valence-corrected chi connectivity index (χ2v) is 37.4. The normalized spacial score (nSPS) is 11.6. The fourth-order valence-electron chi connectivity index (χ4n) is 14.2. The monoisotopic (exact) mass is 1980 g/mol. The summed E-state index contributed by atoms with van der Waals surface area (Å²) < 4.78 is 20.7. The summed E-state index contributed by atoms with van der Waals surface area (Å²) in [5.41, 5.74) is 26.4. The fourth-order valence-corrected chi connectivity index (χ4v) is 14.2. The number of ether oxygens (including phenoxy) is 2. The van der Waals surface area contributed by atoms with Gasteiger partial charge in [-0.1, -0.05) is 212 Å². The van der Waals surface area contributed by atoms with Crippen molar-refractivity contribution in [3.63, 3.8) is 0 Å². The zero-order valence-electron chi connectivity index (χ0n) is 88.0. The molecule has 0 saturated carbocycles. The SMILES string of the molecule is CC(=O)OOC(C)=O.CC(C)(C)OC(=O)NCCC=O.Cc1cc(=O)n(Cc2ccccc2)c(C(N)C(C)C)n1.Cc1cc(=O)n(Cc2ccccc2)c(C(NCCCN)C(C)C)n1.Cc1ccc(C(=O)N(CCCN)C(c2nc(C)cc(=O)n2Cc2ccccc2)C(C)C)cc1.Cc1ccc(C(=O)N(CCCNC(=O)OC(C)(C)C)C(c2nc(C)cc(=O)n2Cc2ccccc2)C(C)C)cc1.[B-]OC(C)=O.[Na+]. The smallest absolute Gasteiger partial charge is 0.793 e. The van der Waals surface area contributed by atoms with Gasteiger partial charge in [0.15, 0.2) is 0 Å². The van der Waals surface area contributed by atoms with Gasteiger partial charge in [0.2, 0.25) is 5.97 Å². The molecule has 4 heterocycles. The van der Waals surface area contributed by atoms with Crippen LogP contribution in [0.25, 0.3) is 0 Å². The van der Waals surface area contributed by atoms with E-state index in [1.165, 1.54) is 13.0 Å². The van der Waals surface area contributed by atoms with Crippen molar-refractivity contribution in [1.82, 2.24) is 64.0 Å². The summed E-state index contributed by atoms with van der Waals surface area (Å²) in [6.45, 7) is 47.3. The number of aryl methyl sites for hydroxylation is 6. The maximum absolute atomic E-state index is 14.0. The molecule has 4 amide bonds. The van der Waals surface area contributed by atoms with E-state index in [0.717, 1.165) is 78.0 Å². The Labute approximate surface area is 865 Å². The molecule has 33 nitrogen and oxygen atoms in total. The van der Waals surface area contributed by atoms with Crippen LogP contribution in [0.3, 0.4) is 0 Å². The van der Waals surface area contributed by atoms with Crippen LogP contribution in [0.4, 0.5) is 9.59 Å². The average Bonchev–Trinajstić information content (AvgIpc) is 0.802. The van der Waals surface area contributed by atoms with Crippen molar-refractivity contribution in [2.24, 2.45) is 40.9 Å². The average molecular weight is 1980 g/mol. The van der Waals surface area contributed by atoms with Gasteiger partial charge in [-0.25, -0.2) is 48.9 Å². The number of carbonyl (C=O) groups is 8. The third kappa shape index (κ3) is 46.1. The van der Waals surface area contributed by atoms with Crippen molar-refractivity contribution in [3.8, 4) is 0 Å². The van der Waals surface area contributed by atoms with Crippen LogP contribution in [0.15, 0.2) is 213 Å². The van der Waals surface area contributed by atoms with E-state index in [4.69, 9.17) is 41.6 Å². The second-order valence-electron chi connectivity index (χ2n) is 37.4. The molecule has 10 aromatic rings. The molecule has 0 aliphatic rings. The van der Waals surface area contributed by atoms with Gasteiger partial charge >= 0.3 is 53.7 Å². The fraction of sp³-hybridized carbons (Fsp3) is 0.444. The number of hydrogen-bond acceptors (Lipinski definition) is 25. The van der Waals surface area contributed by atoms with Crippen LogP contribution in [-0.4, -0.2) is 161 Å². The summed E-state index contributed by atoms with van der Waals surface area (Å²) in [5.74, 6) is 1.17. The second kappa shape index (κ2) is 64.0. The Hall–Kier alpha value is -12.7. The maximum Gasteiger partial charge on any atom is 1.00 e. The van der Waals surface area contributed by atoms with E-state index in [2.05, 4.69) is 71.1 Å². The Morgan fingerprint density at radius 3 is 1.00 bits per heavy atom. The van der Waals surface area contributed by atoms with Crippen LogP contribution in [-0.2, 0) is 69.3 Å². The van der Waals surface area contributed by atoms with E-state index in [9.17, 15) is 57.5 Å². The van der Waals surface area contributed by atoms with Crippen LogP contribution in [0, 0.1) is 65.2 Å². The van der Waals surface area contributed by atoms with E-state index < -0.39 is 47.3 Å². The molecule has 767 valence electrons. The van der Waals surface area contributed by atoms with Gasteiger partial charge in [-0.05, 0) is 192 Å². The molecule has 0 fully saturated rings. The first-order valence-corrected chi connectivity index (χ1v) is 47.8. The third-order valence-corrected chi connectivity index (χ3v) is 20.9. The van der Waals surface area contributed by atoms with Crippen molar-refractivity contribution in [3.05, 3.63) is 326 Å². The van der Waals surface area contributed by atoms with Gasteiger partial charge < -0.3 is 69.9 Å². The molecule has 0 aliphatic carbocycles. The van der Waals surface area contributed by atoms with E-state index in [1.54, 1.807) is 69.1 Å². The van der Waals surface area contributed by atoms with E-state index >= 15 is 0 Å². The minimum Gasteiger partial charge on any atom is -0.793 e. The number of hydrogen-bond donors (Lipinski definition) is 6. The summed E-state index contributed by atoms with van der Waals surface area (Å²) in [5, 5.41) is 8.74. The van der Waals surface area contributed by atoms with Gasteiger partial charge in [-0.2, -0.15) is 0 Å². The Morgan fingerprint density at radius 1 is 0.413 bits per heavy atom. The molecule has 0 spiro atoms. The summed E-state index contributed by atoms with van der Waals surface area (Å²) in [6.07, 6.45) is 2.14. The summed E-state index contributed by atoms with van der Waals surface area (Å²) >= 11 is 0. The predicted molar refractivity (Wildman–Crippen MR) is 554 cm³/mol. The minimum atomic E-state index is -0.639. The van der Waals surface area contributed by atoms with Gasteiger partial charge in [0, 0.05) is 112 Å². The Balaban J connectivity index is 0.000000461. The molecule has 0 saturated heterocycles. The number of rotatable bonds is 34. The van der Waals surface area contributed by atoms with Crippen LogP contribution < -0.4 is 84.9 Å². The molecule has 4 aromatic heterocycles. The zero-order chi connectivity index (χ0) is 106. The van der Waals surface area contributed by atoms with Crippen LogP contribution in [0.1, 0.15) is 268 Å². The maximum atomic E-state index is 14.0. The minimum absolute atomic E-state index is 0. The van der Waals surface area contributed by atoms with Crippen LogP contribution in [0.5, 0.6) is 0 Å². The van der Waals surface area contributed by atoms with Gasteiger partial charge in [0.05, 0.1) is 50.3 Å². The molecule has 0 bridgehead atoms. The van der Waals surface area contributed by atoms with Gasteiger partial charge in [-0.3, -0.25) is 51.8 Å². The quantitative estimate of drug-likeness (QED) is 0.00717. The number of nitrogens with two attached hydrogens (primary N) is 3. The molecule has 10 rings (SSSR count). The molecular weight excluding hydrogens is 1830 g/mol. The van der Waals surface area contributed by atoms with Crippen molar-refractivity contribution < 1.29 is 91.8 Å². The third-order valence-electron chi connectivity index (χ3n) is 20.9. The number of aldehydes is 1. The Kier molecular flexibility index (Phi) is 55.7. The number of alkyl carbamates (subject to hydrolysis) is 2. The number of aromatic nitrogens is 8. The molecule has 9 N–H and O–H groups in total. The zero-order valence-corrected chi connectivity index (χ0v) is 90.0. The van der Waals surface area contributed by atoms with Crippen LogP contribution >= 0.6 is 0 Å². The van der Waals surface area contributed by atoms with Gasteiger partial charge in [-0.15, -0.1) is 0 Å². The Morgan fingerprint density at radius 2 is 0.713 bits per heavy atom. The first-order chi connectivity index (χ1) is 67.0. The number of nitrogens with one attached hydrogen (secondary N) is 3. The van der Waals surface area contributed by atoms with Crippen molar-refractivity contribution in [1.29, 1.82) is 0 Å². The molecule has 143 heavy (non-hydrogen) atoms.